The Hall–Kier alpha value is -6.86. The van der Waals surface area contributed by atoms with Crippen molar-refractivity contribution in [1.82, 2.24) is 29.9 Å². The van der Waals surface area contributed by atoms with E-state index < -0.39 is 24.1 Å². The summed E-state index contributed by atoms with van der Waals surface area (Å²) in [6.45, 7) is 5.91. The van der Waals surface area contributed by atoms with Gasteiger partial charge in [-0.2, -0.15) is 29.9 Å². The molecule has 0 radical (unpaired) electrons. The molecule has 0 saturated heterocycles. The molecular formula is C42H62N16O4. The van der Waals surface area contributed by atoms with E-state index in [0.29, 0.717) is 11.4 Å². The number of nitrogen functional groups attached to an aromatic ring is 2. The summed E-state index contributed by atoms with van der Waals surface area (Å²) in [6, 6.07) is 7.60. The standard InChI is InChI=1S/C24H26N16O4.C18H36/c1-9-7-11(3-5-13(9)29-23(43)39-21-33-15(25)31-19(37-21)35-17(27)41)12-4-6-14(10(2)8-12)30-24(44)40-22-34-16(26)32-20(38-22)36-18(28)42;1-2-3-4-5-6-7-8-9-10-12-15-18-16-13-11-14-17-18/h3-8H,1-2H3,(H7,25,27,29,31,33,35,37,39,41,43)(H7,26,28,30,32,34,36,38,40,42,44);18H,2-17H2,1H3. The van der Waals surface area contributed by atoms with Gasteiger partial charge in [0.05, 0.1) is 0 Å². The summed E-state index contributed by atoms with van der Waals surface area (Å²) in [5.74, 6) is -0.219. The molecule has 0 unspecified atom stereocenters. The molecule has 334 valence electrons. The number of hydrogen-bond acceptors (Lipinski definition) is 12. The number of primary amides is 2. The summed E-state index contributed by atoms with van der Waals surface area (Å²) in [5.41, 5.74) is 25.4. The summed E-state index contributed by atoms with van der Waals surface area (Å²) < 4.78 is 0. The van der Waals surface area contributed by atoms with Crippen LogP contribution in [0.25, 0.3) is 11.1 Å². The second-order valence-corrected chi connectivity index (χ2v) is 15.4. The molecule has 62 heavy (non-hydrogen) atoms. The van der Waals surface area contributed by atoms with Crippen LogP contribution in [0.15, 0.2) is 36.4 Å². The molecule has 1 aliphatic carbocycles. The Labute approximate surface area is 362 Å². The number of nitrogens with two attached hydrogens (primary N) is 4. The number of aryl methyl sites for hydroxylation is 2. The highest BCUT2D eigenvalue weighted by Gasteiger charge is 2.15. The van der Waals surface area contributed by atoms with Crippen LogP contribution in [-0.2, 0) is 0 Å². The third kappa shape index (κ3) is 17.4. The lowest BCUT2D eigenvalue weighted by molar-refractivity contribution is 0.258. The maximum atomic E-state index is 12.5. The molecule has 20 heteroatoms. The minimum Gasteiger partial charge on any atom is -0.368 e. The van der Waals surface area contributed by atoms with Gasteiger partial charge in [0.25, 0.3) is 0 Å². The maximum absolute atomic E-state index is 12.5. The van der Waals surface area contributed by atoms with Crippen molar-refractivity contribution in [2.45, 2.75) is 124 Å². The van der Waals surface area contributed by atoms with Gasteiger partial charge in [-0.3, -0.25) is 21.3 Å². The highest BCUT2D eigenvalue weighted by Crippen LogP contribution is 2.30. The minimum atomic E-state index is -0.911. The predicted molar refractivity (Wildman–Crippen MR) is 245 cm³/mol. The van der Waals surface area contributed by atoms with E-state index in [1.807, 2.05) is 12.1 Å². The fourth-order valence-electron chi connectivity index (χ4n) is 7.10. The van der Waals surface area contributed by atoms with Crippen LogP contribution in [0, 0.1) is 19.8 Å². The number of carbonyl (C=O) groups excluding carboxylic acids is 4. The zero-order chi connectivity index (χ0) is 44.9. The van der Waals surface area contributed by atoms with Gasteiger partial charge >= 0.3 is 24.1 Å². The molecule has 2 aromatic heterocycles. The van der Waals surface area contributed by atoms with Crippen LogP contribution in [-0.4, -0.2) is 54.0 Å². The number of rotatable bonds is 18. The highest BCUT2D eigenvalue weighted by atomic mass is 16.2. The summed E-state index contributed by atoms with van der Waals surface area (Å²) in [6.07, 6.45) is 23.9. The first-order chi connectivity index (χ1) is 29.8. The average Bonchev–Trinajstić information content (AvgIpc) is 3.20. The van der Waals surface area contributed by atoms with Crippen LogP contribution in [0.5, 0.6) is 0 Å². The number of benzene rings is 2. The van der Waals surface area contributed by atoms with E-state index in [9.17, 15) is 19.2 Å². The van der Waals surface area contributed by atoms with Crippen molar-refractivity contribution in [3.8, 4) is 11.1 Å². The fourth-order valence-corrected chi connectivity index (χ4v) is 7.10. The molecule has 0 aliphatic heterocycles. The van der Waals surface area contributed by atoms with Gasteiger partial charge in [0.1, 0.15) is 0 Å². The average molecular weight is 855 g/mol. The van der Waals surface area contributed by atoms with E-state index in [0.717, 1.165) is 28.2 Å². The molecule has 0 spiro atoms. The molecule has 1 saturated carbocycles. The Bertz CT molecular complexity index is 1980. The second-order valence-electron chi connectivity index (χ2n) is 15.4. The Morgan fingerprint density at radius 3 is 1.31 bits per heavy atom. The third-order valence-corrected chi connectivity index (χ3v) is 10.2. The lowest BCUT2D eigenvalue weighted by Crippen LogP contribution is -2.24. The minimum absolute atomic E-state index is 0.201. The largest absolute Gasteiger partial charge is 0.368 e. The number of anilines is 8. The van der Waals surface area contributed by atoms with Crippen molar-refractivity contribution in [2.75, 3.05) is 43.4 Å². The number of nitrogens with one attached hydrogen (secondary N) is 6. The lowest BCUT2D eigenvalue weighted by Gasteiger charge is -2.21. The van der Waals surface area contributed by atoms with E-state index in [4.69, 9.17) is 22.9 Å². The normalized spacial score (nSPS) is 12.3. The molecule has 4 aromatic rings. The van der Waals surface area contributed by atoms with Gasteiger partial charge in [0.2, 0.25) is 35.7 Å². The molecular weight excluding hydrogens is 793 g/mol. The number of urea groups is 4. The zero-order valence-corrected chi connectivity index (χ0v) is 36.0. The van der Waals surface area contributed by atoms with Crippen molar-refractivity contribution in [3.63, 3.8) is 0 Å². The predicted octanol–water partition coefficient (Wildman–Crippen LogP) is 8.65. The van der Waals surface area contributed by atoms with Crippen molar-refractivity contribution in [1.29, 1.82) is 0 Å². The van der Waals surface area contributed by atoms with Crippen LogP contribution in [0.4, 0.5) is 66.2 Å². The van der Waals surface area contributed by atoms with E-state index in [-0.39, 0.29) is 35.7 Å². The van der Waals surface area contributed by atoms with Gasteiger partial charge in [0, 0.05) is 11.4 Å². The highest BCUT2D eigenvalue weighted by molar-refractivity contribution is 6.00. The first-order valence-corrected chi connectivity index (χ1v) is 21.3. The Kier molecular flexibility index (Phi) is 19.3. The van der Waals surface area contributed by atoms with Gasteiger partial charge in [-0.05, 0) is 66.3 Å². The third-order valence-electron chi connectivity index (χ3n) is 10.2. The van der Waals surface area contributed by atoms with Crippen LogP contribution in [0.3, 0.4) is 0 Å². The van der Waals surface area contributed by atoms with Gasteiger partial charge in [0.15, 0.2) is 0 Å². The monoisotopic (exact) mass is 855 g/mol. The molecule has 20 nitrogen and oxygen atoms in total. The van der Waals surface area contributed by atoms with Gasteiger partial charge in [-0.15, -0.1) is 0 Å². The first-order valence-electron chi connectivity index (χ1n) is 21.3. The number of hydrogen-bond donors (Lipinski definition) is 10. The number of nitrogens with zero attached hydrogens (tertiary/aromatic N) is 6. The molecule has 0 bridgehead atoms. The molecule has 2 aromatic carbocycles. The van der Waals surface area contributed by atoms with Crippen molar-refractivity contribution in [2.24, 2.45) is 17.4 Å². The first kappa shape index (κ1) is 47.8. The number of carbonyl (C=O) groups is 4. The second kappa shape index (κ2) is 25.0. The summed E-state index contributed by atoms with van der Waals surface area (Å²) in [7, 11) is 0. The van der Waals surface area contributed by atoms with Crippen LogP contribution < -0.4 is 54.8 Å². The molecule has 8 amide bonds. The van der Waals surface area contributed by atoms with Crippen molar-refractivity contribution >= 4 is 71.2 Å². The van der Waals surface area contributed by atoms with Crippen molar-refractivity contribution < 1.29 is 19.2 Å². The zero-order valence-electron chi connectivity index (χ0n) is 36.0. The van der Waals surface area contributed by atoms with Gasteiger partial charge < -0.3 is 33.6 Å². The Morgan fingerprint density at radius 2 is 0.919 bits per heavy atom. The van der Waals surface area contributed by atoms with Crippen LogP contribution >= 0.6 is 0 Å². The van der Waals surface area contributed by atoms with E-state index in [2.05, 4.69) is 68.7 Å². The van der Waals surface area contributed by atoms with E-state index >= 15 is 0 Å². The van der Waals surface area contributed by atoms with Crippen LogP contribution in [0.2, 0.25) is 0 Å². The smallest absolute Gasteiger partial charge is 0.326 e. The Balaban J connectivity index is 0.000000393. The van der Waals surface area contributed by atoms with E-state index in [1.54, 1.807) is 38.1 Å². The molecule has 0 atom stereocenters. The summed E-state index contributed by atoms with van der Waals surface area (Å²) in [5, 5.41) is 14.5. The molecule has 14 N–H and O–H groups in total. The summed E-state index contributed by atoms with van der Waals surface area (Å²) in [4.78, 5) is 69.8. The van der Waals surface area contributed by atoms with Gasteiger partial charge in [-0.25, -0.2) is 19.2 Å². The van der Waals surface area contributed by atoms with Gasteiger partial charge in [-0.1, -0.05) is 122 Å². The quantitative estimate of drug-likeness (QED) is 0.0420. The molecule has 5 rings (SSSR count). The van der Waals surface area contributed by atoms with Crippen molar-refractivity contribution in [3.05, 3.63) is 47.5 Å². The van der Waals surface area contributed by atoms with Crippen LogP contribution in [0.1, 0.15) is 121 Å². The fraction of sp³-hybridized carbons (Fsp3) is 0.476. The SMILES string of the molecule is CCCCCCCCCCCCC1CCCCC1.Cc1cc(-c2ccc(NC(=O)Nc3nc(N)nc(NC(N)=O)n3)c(C)c2)ccc1NC(=O)Nc1nc(N)nc(NC(N)=O)n1. The lowest BCUT2D eigenvalue weighted by atomic mass is 9.85. The number of unbranched alkanes of at least 4 members (excludes halogenated alkanes) is 9. The molecule has 1 fully saturated rings. The molecule has 1 aliphatic rings. The molecule has 2 heterocycles. The summed E-state index contributed by atoms with van der Waals surface area (Å²) >= 11 is 0. The number of aromatic nitrogens is 6. The number of amides is 8. The maximum Gasteiger partial charge on any atom is 0.326 e. The topological polar surface area (TPSA) is 322 Å². The van der Waals surface area contributed by atoms with E-state index in [1.165, 1.54) is 103 Å². The Morgan fingerprint density at radius 1 is 0.532 bits per heavy atom.